The minimum absolute atomic E-state index is 0.00578. The highest BCUT2D eigenvalue weighted by Gasteiger charge is 2.21. The summed E-state index contributed by atoms with van der Waals surface area (Å²) in [6, 6.07) is 21.2. The lowest BCUT2D eigenvalue weighted by Crippen LogP contribution is -2.13. The molecule has 0 aliphatic rings. The van der Waals surface area contributed by atoms with Crippen molar-refractivity contribution in [2.75, 3.05) is 0 Å². The Balaban J connectivity index is 1.43. The first-order chi connectivity index (χ1) is 17.3. The Labute approximate surface area is 212 Å². The van der Waals surface area contributed by atoms with E-state index >= 15 is 0 Å². The molecule has 0 saturated heterocycles. The second kappa shape index (κ2) is 11.2. The number of rotatable bonds is 9. The lowest BCUT2D eigenvalue weighted by atomic mass is 10.0. The van der Waals surface area contributed by atoms with Crippen molar-refractivity contribution in [1.82, 2.24) is 5.16 Å². The lowest BCUT2D eigenvalue weighted by molar-refractivity contribution is -0.147. The number of carboxylic acids is 1. The summed E-state index contributed by atoms with van der Waals surface area (Å²) in [6.07, 6.45) is -0.784. The van der Waals surface area contributed by atoms with Crippen molar-refractivity contribution in [2.24, 2.45) is 0 Å². The molecule has 8 heteroatoms. The summed E-state index contributed by atoms with van der Waals surface area (Å²) >= 11 is 1.55. The molecule has 1 atom stereocenters. The van der Waals surface area contributed by atoms with Crippen LogP contribution in [0.4, 0.5) is 4.39 Å². The predicted octanol–water partition coefficient (Wildman–Crippen LogP) is 6.41. The highest BCUT2D eigenvalue weighted by Crippen LogP contribution is 2.32. The third kappa shape index (κ3) is 6.20. The van der Waals surface area contributed by atoms with E-state index in [1.807, 2.05) is 36.4 Å². The molecule has 0 radical (unpaired) electrons. The summed E-state index contributed by atoms with van der Waals surface area (Å²) < 4.78 is 25.0. The molecule has 0 unspecified atom stereocenters. The highest BCUT2D eigenvalue weighted by atomic mass is 32.2. The van der Waals surface area contributed by atoms with E-state index in [-0.39, 0.29) is 12.8 Å². The third-order valence-electron chi connectivity index (χ3n) is 5.59. The Morgan fingerprint density at radius 2 is 1.64 bits per heavy atom. The van der Waals surface area contributed by atoms with E-state index in [1.54, 1.807) is 55.9 Å². The summed E-state index contributed by atoms with van der Waals surface area (Å²) in [5, 5.41) is 12.9. The van der Waals surface area contributed by atoms with Gasteiger partial charge in [0.15, 0.2) is 5.76 Å². The molecule has 6 nitrogen and oxygen atoms in total. The first-order valence-electron chi connectivity index (χ1n) is 11.3. The normalized spacial score (nSPS) is 11.8. The number of nitrogens with zero attached hydrogens (tertiary/aromatic N) is 1. The standard InChI is InChI=1S/C28H24FNO5S/c1-17-24(16-27(33)34-18(2)23-5-3-4-6-25(23)29)28(35-30-17)20-9-13-22(14-10-20)36-21-11-7-19(8-12-21)15-26(31)32/h3-14,18H,15-16H2,1-2H3,(H,31,32)/t18-/m1/s1. The van der Waals surface area contributed by atoms with Crippen LogP contribution < -0.4 is 0 Å². The van der Waals surface area contributed by atoms with Gasteiger partial charge in [-0.15, -0.1) is 0 Å². The van der Waals surface area contributed by atoms with Gasteiger partial charge in [0, 0.05) is 26.5 Å². The van der Waals surface area contributed by atoms with Crippen molar-refractivity contribution in [2.45, 2.75) is 42.6 Å². The fraction of sp³-hybridized carbons (Fsp3) is 0.179. The quantitative estimate of drug-likeness (QED) is 0.263. The molecular weight excluding hydrogens is 481 g/mol. The predicted molar refractivity (Wildman–Crippen MR) is 133 cm³/mol. The van der Waals surface area contributed by atoms with Crippen LogP contribution in [0.3, 0.4) is 0 Å². The molecule has 0 amide bonds. The molecule has 0 fully saturated rings. The van der Waals surface area contributed by atoms with Crippen LogP contribution in [0.5, 0.6) is 0 Å². The van der Waals surface area contributed by atoms with Crippen LogP contribution in [-0.4, -0.2) is 22.2 Å². The molecule has 0 saturated carbocycles. The average Bonchev–Trinajstić information content (AvgIpc) is 3.20. The molecule has 4 aromatic rings. The highest BCUT2D eigenvalue weighted by molar-refractivity contribution is 7.99. The average molecular weight is 506 g/mol. The molecule has 0 bridgehead atoms. The van der Waals surface area contributed by atoms with Crippen molar-refractivity contribution < 1.29 is 28.3 Å². The number of benzene rings is 3. The maximum Gasteiger partial charge on any atom is 0.311 e. The second-order valence-corrected chi connectivity index (χ2v) is 9.39. The van der Waals surface area contributed by atoms with Gasteiger partial charge in [0.2, 0.25) is 0 Å². The summed E-state index contributed by atoms with van der Waals surface area (Å²) in [6.45, 7) is 3.39. The van der Waals surface area contributed by atoms with E-state index in [0.717, 1.165) is 20.9 Å². The summed E-state index contributed by atoms with van der Waals surface area (Å²) in [5.41, 5.74) is 3.03. The Morgan fingerprint density at radius 3 is 2.28 bits per heavy atom. The molecule has 0 aliphatic carbocycles. The largest absolute Gasteiger partial charge is 0.481 e. The molecule has 36 heavy (non-hydrogen) atoms. The van der Waals surface area contributed by atoms with Gasteiger partial charge in [-0.3, -0.25) is 9.59 Å². The van der Waals surface area contributed by atoms with Gasteiger partial charge in [0.05, 0.1) is 18.5 Å². The van der Waals surface area contributed by atoms with Crippen LogP contribution in [0.25, 0.3) is 11.3 Å². The van der Waals surface area contributed by atoms with Crippen molar-refractivity contribution >= 4 is 23.7 Å². The molecule has 0 spiro atoms. The molecule has 3 aromatic carbocycles. The van der Waals surface area contributed by atoms with Gasteiger partial charge in [0.25, 0.3) is 0 Å². The van der Waals surface area contributed by atoms with Crippen LogP contribution in [0.1, 0.15) is 35.4 Å². The van der Waals surface area contributed by atoms with E-state index in [1.165, 1.54) is 6.07 Å². The third-order valence-corrected chi connectivity index (χ3v) is 6.60. The fourth-order valence-corrected chi connectivity index (χ4v) is 4.55. The number of hydrogen-bond donors (Lipinski definition) is 1. The van der Waals surface area contributed by atoms with Gasteiger partial charge < -0.3 is 14.4 Å². The zero-order valence-corrected chi connectivity index (χ0v) is 20.5. The van der Waals surface area contributed by atoms with Crippen LogP contribution in [0, 0.1) is 12.7 Å². The van der Waals surface area contributed by atoms with E-state index < -0.39 is 23.9 Å². The van der Waals surface area contributed by atoms with Gasteiger partial charge in [-0.1, -0.05) is 47.3 Å². The van der Waals surface area contributed by atoms with E-state index in [2.05, 4.69) is 5.16 Å². The maximum absolute atomic E-state index is 14.0. The molecule has 4 rings (SSSR count). The number of aryl methyl sites for hydroxylation is 1. The van der Waals surface area contributed by atoms with Crippen LogP contribution in [0.2, 0.25) is 0 Å². The van der Waals surface area contributed by atoms with Gasteiger partial charge in [-0.2, -0.15) is 0 Å². The van der Waals surface area contributed by atoms with E-state index in [4.69, 9.17) is 14.4 Å². The Morgan fingerprint density at radius 1 is 1.00 bits per heavy atom. The molecular formula is C28H24FNO5S. The van der Waals surface area contributed by atoms with Gasteiger partial charge >= 0.3 is 11.9 Å². The van der Waals surface area contributed by atoms with Crippen LogP contribution >= 0.6 is 11.8 Å². The number of hydrogen-bond acceptors (Lipinski definition) is 6. The number of aliphatic carboxylic acids is 1. The number of carbonyl (C=O) groups excluding carboxylic acids is 1. The van der Waals surface area contributed by atoms with Crippen molar-refractivity contribution in [3.05, 3.63) is 101 Å². The smallest absolute Gasteiger partial charge is 0.311 e. The SMILES string of the molecule is Cc1noc(-c2ccc(Sc3ccc(CC(=O)O)cc3)cc2)c1CC(=O)O[C@H](C)c1ccccc1F. The number of aromatic nitrogens is 1. The molecule has 0 aliphatic heterocycles. The topological polar surface area (TPSA) is 89.6 Å². The minimum Gasteiger partial charge on any atom is -0.481 e. The van der Waals surface area contributed by atoms with Crippen LogP contribution in [0.15, 0.2) is 87.1 Å². The van der Waals surface area contributed by atoms with Crippen LogP contribution in [-0.2, 0) is 27.2 Å². The van der Waals surface area contributed by atoms with Crippen molar-refractivity contribution in [3.63, 3.8) is 0 Å². The minimum atomic E-state index is -0.860. The van der Waals surface area contributed by atoms with Gasteiger partial charge in [-0.25, -0.2) is 4.39 Å². The summed E-state index contributed by atoms with van der Waals surface area (Å²) in [4.78, 5) is 25.4. The summed E-state index contributed by atoms with van der Waals surface area (Å²) in [7, 11) is 0. The number of halogens is 1. The van der Waals surface area contributed by atoms with E-state index in [0.29, 0.717) is 22.6 Å². The first kappa shape index (κ1) is 25.2. The molecule has 1 N–H and O–H groups in total. The first-order valence-corrected chi connectivity index (χ1v) is 12.1. The Kier molecular flexibility index (Phi) is 7.85. The fourth-order valence-electron chi connectivity index (χ4n) is 3.74. The number of carboxylic acid groups (broad SMARTS) is 1. The lowest BCUT2D eigenvalue weighted by Gasteiger charge is -2.14. The van der Waals surface area contributed by atoms with Gasteiger partial charge in [0.1, 0.15) is 11.9 Å². The number of esters is 1. The molecule has 1 aromatic heterocycles. The van der Waals surface area contributed by atoms with E-state index in [9.17, 15) is 14.0 Å². The monoisotopic (exact) mass is 505 g/mol. The zero-order valence-electron chi connectivity index (χ0n) is 19.7. The summed E-state index contributed by atoms with van der Waals surface area (Å²) in [5.74, 6) is -1.30. The Hall–Kier alpha value is -3.91. The Bertz CT molecular complexity index is 1370. The molecule has 1 heterocycles. The zero-order chi connectivity index (χ0) is 25.7. The van der Waals surface area contributed by atoms with Crippen molar-refractivity contribution in [3.8, 4) is 11.3 Å². The molecule has 184 valence electrons. The van der Waals surface area contributed by atoms with Gasteiger partial charge in [-0.05, 0) is 61.9 Å². The number of ether oxygens (including phenoxy) is 1. The second-order valence-electron chi connectivity index (χ2n) is 8.25. The van der Waals surface area contributed by atoms with Crippen molar-refractivity contribution in [1.29, 1.82) is 0 Å². The maximum atomic E-state index is 14.0. The number of carbonyl (C=O) groups is 2.